The third-order valence-corrected chi connectivity index (χ3v) is 3.61. The smallest absolute Gasteiger partial charge is 0.142 e. The lowest BCUT2D eigenvalue weighted by Crippen LogP contribution is -2.01. The van der Waals surface area contributed by atoms with Gasteiger partial charge >= 0.3 is 0 Å². The van der Waals surface area contributed by atoms with Crippen LogP contribution < -0.4 is 5.73 Å². The van der Waals surface area contributed by atoms with Crippen molar-refractivity contribution in [2.24, 2.45) is 7.05 Å². The second-order valence-corrected chi connectivity index (χ2v) is 5.26. The monoisotopic (exact) mass is 309 g/mol. The summed E-state index contributed by atoms with van der Waals surface area (Å²) in [4.78, 5) is 8.41. The van der Waals surface area contributed by atoms with Gasteiger partial charge in [-0.25, -0.2) is 9.97 Å². The Morgan fingerprint density at radius 2 is 2.14 bits per heavy atom. The van der Waals surface area contributed by atoms with E-state index in [0.717, 1.165) is 11.3 Å². The molecule has 0 amide bonds. The molecule has 0 aliphatic heterocycles. The van der Waals surface area contributed by atoms with Crippen LogP contribution in [0.4, 0.5) is 5.82 Å². The Morgan fingerprint density at radius 1 is 1.32 bits per heavy atom. The highest BCUT2D eigenvalue weighted by Gasteiger charge is 2.15. The molecule has 2 heterocycles. The summed E-state index contributed by atoms with van der Waals surface area (Å²) in [6.45, 7) is 0. The summed E-state index contributed by atoms with van der Waals surface area (Å²) in [6, 6.07) is 11.3. The molecule has 1 aromatic carbocycles. The van der Waals surface area contributed by atoms with Gasteiger partial charge in [0.2, 0.25) is 0 Å². The minimum Gasteiger partial charge on any atom is -0.383 e. The van der Waals surface area contributed by atoms with Crippen LogP contribution in [0.3, 0.4) is 0 Å². The van der Waals surface area contributed by atoms with E-state index in [0.29, 0.717) is 21.8 Å². The molecule has 0 aliphatic carbocycles. The van der Waals surface area contributed by atoms with Crippen LogP contribution in [0, 0.1) is 11.3 Å². The summed E-state index contributed by atoms with van der Waals surface area (Å²) in [5.41, 5.74) is 9.31. The summed E-state index contributed by atoms with van der Waals surface area (Å²) < 4.78 is 1.83. The van der Waals surface area contributed by atoms with Gasteiger partial charge in [-0.15, -0.1) is 0 Å². The van der Waals surface area contributed by atoms with Gasteiger partial charge in [0.1, 0.15) is 17.5 Å². The van der Waals surface area contributed by atoms with E-state index in [1.165, 1.54) is 0 Å². The maximum absolute atomic E-state index is 9.37. The van der Waals surface area contributed by atoms with E-state index in [1.54, 1.807) is 18.6 Å². The van der Waals surface area contributed by atoms with Gasteiger partial charge in [-0.1, -0.05) is 23.7 Å². The fourth-order valence-corrected chi connectivity index (χ4v) is 2.49. The van der Waals surface area contributed by atoms with E-state index in [2.05, 4.69) is 16.0 Å². The van der Waals surface area contributed by atoms with E-state index in [-0.39, 0.29) is 5.82 Å². The molecule has 0 atom stereocenters. The first-order valence-electron chi connectivity index (χ1n) is 6.53. The minimum atomic E-state index is 0.191. The maximum atomic E-state index is 9.37. The molecule has 108 valence electrons. The zero-order chi connectivity index (χ0) is 15.7. The number of pyridine rings is 1. The number of rotatable bonds is 2. The van der Waals surface area contributed by atoms with Crippen LogP contribution in [0.5, 0.6) is 0 Å². The molecule has 5 nitrogen and oxygen atoms in total. The molecule has 3 aromatic rings. The summed E-state index contributed by atoms with van der Waals surface area (Å²) in [5, 5.41) is 9.99. The molecule has 0 aliphatic rings. The average molecular weight is 310 g/mol. The zero-order valence-corrected chi connectivity index (χ0v) is 12.5. The standard InChI is InChI=1S/C16H12ClN5/c1-22-9-20-8-15(22)12-6-14(21-16(19)13(12)7-18)10-3-2-4-11(17)5-10/h2-6,8-9H,1H3,(H2,19,21). The molecular formula is C16H12ClN5. The van der Waals surface area contributed by atoms with Crippen molar-refractivity contribution in [3.8, 4) is 28.6 Å². The minimum absolute atomic E-state index is 0.191. The average Bonchev–Trinajstić information content (AvgIpc) is 2.92. The molecule has 22 heavy (non-hydrogen) atoms. The predicted octanol–water partition coefficient (Wildman–Crippen LogP) is 3.26. The second-order valence-electron chi connectivity index (χ2n) is 4.83. The van der Waals surface area contributed by atoms with E-state index >= 15 is 0 Å². The number of benzene rings is 1. The van der Waals surface area contributed by atoms with Gasteiger partial charge < -0.3 is 10.3 Å². The highest BCUT2D eigenvalue weighted by Crippen LogP contribution is 2.31. The molecule has 0 unspecified atom stereocenters. The van der Waals surface area contributed by atoms with Crippen LogP contribution in [0.1, 0.15) is 5.56 Å². The quantitative estimate of drug-likeness (QED) is 0.788. The van der Waals surface area contributed by atoms with Crippen molar-refractivity contribution in [3.63, 3.8) is 0 Å². The molecule has 3 rings (SSSR count). The number of anilines is 1. The SMILES string of the molecule is Cn1cncc1-c1cc(-c2cccc(Cl)c2)nc(N)c1C#N. The number of hydrogen-bond donors (Lipinski definition) is 1. The lowest BCUT2D eigenvalue weighted by Gasteiger charge is -2.10. The highest BCUT2D eigenvalue weighted by atomic mass is 35.5. The largest absolute Gasteiger partial charge is 0.383 e. The van der Waals surface area contributed by atoms with Crippen LogP contribution in [-0.2, 0) is 7.05 Å². The van der Waals surface area contributed by atoms with Gasteiger partial charge in [0, 0.05) is 23.2 Å². The number of aryl methyl sites for hydroxylation is 1. The molecule has 0 fully saturated rings. The maximum Gasteiger partial charge on any atom is 0.142 e. The van der Waals surface area contributed by atoms with Crippen molar-refractivity contribution in [1.29, 1.82) is 5.26 Å². The number of nitrogen functional groups attached to an aromatic ring is 1. The Hall–Kier alpha value is -2.84. The Balaban J connectivity index is 2.26. The number of halogens is 1. The van der Waals surface area contributed by atoms with E-state index in [9.17, 15) is 5.26 Å². The lowest BCUT2D eigenvalue weighted by atomic mass is 10.0. The van der Waals surface area contributed by atoms with E-state index in [4.69, 9.17) is 17.3 Å². The van der Waals surface area contributed by atoms with Crippen LogP contribution in [0.2, 0.25) is 5.02 Å². The third kappa shape index (κ3) is 2.41. The number of hydrogen-bond acceptors (Lipinski definition) is 4. The summed E-state index contributed by atoms with van der Waals surface area (Å²) in [6.07, 6.45) is 3.36. The third-order valence-electron chi connectivity index (χ3n) is 3.37. The normalized spacial score (nSPS) is 10.4. The number of aromatic nitrogens is 3. The number of nitrogens with two attached hydrogens (primary N) is 1. The lowest BCUT2D eigenvalue weighted by molar-refractivity contribution is 0.921. The fourth-order valence-electron chi connectivity index (χ4n) is 2.30. The molecule has 6 heteroatoms. The Bertz CT molecular complexity index is 892. The predicted molar refractivity (Wildman–Crippen MR) is 86.0 cm³/mol. The van der Waals surface area contributed by atoms with Gasteiger partial charge in [-0.05, 0) is 18.2 Å². The molecular weight excluding hydrogens is 298 g/mol. The molecule has 2 N–H and O–H groups in total. The van der Waals surface area contributed by atoms with Gasteiger partial charge in [0.15, 0.2) is 0 Å². The van der Waals surface area contributed by atoms with E-state index in [1.807, 2.05) is 35.9 Å². The zero-order valence-electron chi connectivity index (χ0n) is 11.8. The van der Waals surface area contributed by atoms with E-state index < -0.39 is 0 Å². The molecule has 0 saturated heterocycles. The number of nitriles is 1. The van der Waals surface area contributed by atoms with Crippen molar-refractivity contribution < 1.29 is 0 Å². The van der Waals surface area contributed by atoms with Gasteiger partial charge in [0.25, 0.3) is 0 Å². The Morgan fingerprint density at radius 3 is 2.77 bits per heavy atom. The van der Waals surface area contributed by atoms with Gasteiger partial charge in [0.05, 0.1) is 23.9 Å². The molecule has 0 spiro atoms. The molecule has 0 radical (unpaired) electrons. The Kier molecular flexibility index (Phi) is 3.53. The number of nitrogens with zero attached hydrogens (tertiary/aromatic N) is 4. The van der Waals surface area contributed by atoms with Crippen molar-refractivity contribution in [1.82, 2.24) is 14.5 Å². The molecule has 0 saturated carbocycles. The topological polar surface area (TPSA) is 80.5 Å². The Labute approximate surface area is 132 Å². The first-order valence-corrected chi connectivity index (χ1v) is 6.91. The van der Waals surface area contributed by atoms with Crippen molar-refractivity contribution in [2.45, 2.75) is 0 Å². The van der Waals surface area contributed by atoms with Crippen molar-refractivity contribution in [2.75, 3.05) is 5.73 Å². The highest BCUT2D eigenvalue weighted by molar-refractivity contribution is 6.30. The second kappa shape index (κ2) is 5.51. The van der Waals surface area contributed by atoms with Crippen LogP contribution >= 0.6 is 11.6 Å². The van der Waals surface area contributed by atoms with Crippen LogP contribution in [0.15, 0.2) is 42.9 Å². The molecule has 0 bridgehead atoms. The fraction of sp³-hybridized carbons (Fsp3) is 0.0625. The van der Waals surface area contributed by atoms with Crippen molar-refractivity contribution >= 4 is 17.4 Å². The van der Waals surface area contributed by atoms with Gasteiger partial charge in [-0.2, -0.15) is 5.26 Å². The first-order chi connectivity index (χ1) is 10.6. The summed E-state index contributed by atoms with van der Waals surface area (Å²) >= 11 is 6.03. The van der Waals surface area contributed by atoms with Crippen LogP contribution in [-0.4, -0.2) is 14.5 Å². The van der Waals surface area contributed by atoms with Gasteiger partial charge in [-0.3, -0.25) is 0 Å². The summed E-state index contributed by atoms with van der Waals surface area (Å²) in [7, 11) is 1.86. The van der Waals surface area contributed by atoms with Crippen LogP contribution in [0.25, 0.3) is 22.5 Å². The van der Waals surface area contributed by atoms with Crippen molar-refractivity contribution in [3.05, 3.63) is 53.4 Å². The molecule has 2 aromatic heterocycles. The number of imidazole rings is 1. The first kappa shape index (κ1) is 14.1. The summed E-state index contributed by atoms with van der Waals surface area (Å²) in [5.74, 6) is 0.191.